The second-order valence-corrected chi connectivity index (χ2v) is 5.13. The zero-order chi connectivity index (χ0) is 12.5. The van der Waals surface area contributed by atoms with Crippen LogP contribution in [-0.2, 0) is 0 Å². The third-order valence-corrected chi connectivity index (χ3v) is 3.35. The number of rotatable bonds is 8. The molecule has 0 saturated heterocycles. The van der Waals surface area contributed by atoms with Gasteiger partial charge in [-0.1, -0.05) is 64.0 Å². The number of aromatic nitrogens is 2. The average molecular weight is 255 g/mol. The summed E-state index contributed by atoms with van der Waals surface area (Å²) in [7, 11) is 0. The molecule has 3 heteroatoms. The predicted octanol–water partition coefficient (Wildman–Crippen LogP) is 4.98. The molecule has 0 radical (unpaired) electrons. The summed E-state index contributed by atoms with van der Waals surface area (Å²) in [6, 6.07) is 3.80. The van der Waals surface area contributed by atoms with Crippen molar-refractivity contribution in [1.29, 1.82) is 0 Å². The normalized spacial score (nSPS) is 12.6. The van der Waals surface area contributed by atoms with Crippen molar-refractivity contribution in [2.45, 2.75) is 64.7 Å². The summed E-state index contributed by atoms with van der Waals surface area (Å²) in [6.07, 6.45) is 9.26. The lowest BCUT2D eigenvalue weighted by atomic mass is 9.99. The molecule has 1 heterocycles. The maximum atomic E-state index is 5.72. The number of halogens is 1. The Bertz CT molecular complexity index is 298. The van der Waals surface area contributed by atoms with Crippen molar-refractivity contribution >= 4 is 11.6 Å². The second kappa shape index (κ2) is 8.46. The molecule has 1 atom stereocenters. The van der Waals surface area contributed by atoms with Crippen LogP contribution in [0, 0.1) is 0 Å². The summed E-state index contributed by atoms with van der Waals surface area (Å²) in [5.74, 6) is 0.492. The summed E-state index contributed by atoms with van der Waals surface area (Å²) < 4.78 is 0. The fourth-order valence-corrected chi connectivity index (χ4v) is 2.07. The van der Waals surface area contributed by atoms with E-state index in [0.29, 0.717) is 11.1 Å². The van der Waals surface area contributed by atoms with E-state index >= 15 is 0 Å². The first-order valence-corrected chi connectivity index (χ1v) is 7.11. The lowest BCUT2D eigenvalue weighted by Gasteiger charge is -2.09. The minimum Gasteiger partial charge on any atom is -0.154 e. The molecule has 1 unspecified atom stereocenters. The van der Waals surface area contributed by atoms with Crippen LogP contribution in [0.2, 0.25) is 5.15 Å². The Morgan fingerprint density at radius 3 is 2.41 bits per heavy atom. The van der Waals surface area contributed by atoms with Crippen LogP contribution in [0.4, 0.5) is 0 Å². The van der Waals surface area contributed by atoms with E-state index in [1.165, 1.54) is 44.9 Å². The standard InChI is InChI=1S/C14H23ClN2/c1-3-4-5-6-7-8-9-12(2)13-10-11-14(15)17-16-13/h10-12H,3-9H2,1-2H3. The first-order valence-electron chi connectivity index (χ1n) is 6.73. The van der Waals surface area contributed by atoms with Crippen molar-refractivity contribution in [1.82, 2.24) is 10.2 Å². The van der Waals surface area contributed by atoms with Crippen LogP contribution in [0.15, 0.2) is 12.1 Å². The van der Waals surface area contributed by atoms with E-state index in [4.69, 9.17) is 11.6 Å². The Balaban J connectivity index is 2.16. The molecule has 1 aromatic rings. The third kappa shape index (κ3) is 6.02. The van der Waals surface area contributed by atoms with Crippen LogP contribution in [0.3, 0.4) is 0 Å². The first kappa shape index (κ1) is 14.4. The molecule has 0 aliphatic carbocycles. The van der Waals surface area contributed by atoms with E-state index < -0.39 is 0 Å². The van der Waals surface area contributed by atoms with Gasteiger partial charge in [0, 0.05) is 5.92 Å². The second-order valence-electron chi connectivity index (χ2n) is 4.74. The Morgan fingerprint density at radius 2 is 1.76 bits per heavy atom. The Kier molecular flexibility index (Phi) is 7.18. The molecule has 2 nitrogen and oxygen atoms in total. The summed E-state index contributed by atoms with van der Waals surface area (Å²) in [5, 5.41) is 8.48. The van der Waals surface area contributed by atoms with Crippen molar-refractivity contribution in [3.05, 3.63) is 23.0 Å². The molecule has 0 aromatic carbocycles. The highest BCUT2D eigenvalue weighted by Gasteiger charge is 2.07. The van der Waals surface area contributed by atoms with Gasteiger partial charge >= 0.3 is 0 Å². The van der Waals surface area contributed by atoms with Gasteiger partial charge < -0.3 is 0 Å². The minimum atomic E-state index is 0.473. The van der Waals surface area contributed by atoms with E-state index in [0.717, 1.165) is 5.69 Å². The first-order chi connectivity index (χ1) is 8.24. The molecule has 0 bridgehead atoms. The van der Waals surface area contributed by atoms with Crippen molar-refractivity contribution in [2.75, 3.05) is 0 Å². The highest BCUT2D eigenvalue weighted by atomic mass is 35.5. The molecule has 17 heavy (non-hydrogen) atoms. The number of hydrogen-bond donors (Lipinski definition) is 0. The van der Waals surface area contributed by atoms with Gasteiger partial charge in [0.2, 0.25) is 0 Å². The Labute approximate surface area is 110 Å². The largest absolute Gasteiger partial charge is 0.154 e. The molecule has 0 aliphatic rings. The fourth-order valence-electron chi connectivity index (χ4n) is 1.97. The van der Waals surface area contributed by atoms with Gasteiger partial charge in [-0.15, -0.1) is 5.10 Å². The fraction of sp³-hybridized carbons (Fsp3) is 0.714. The van der Waals surface area contributed by atoms with Crippen LogP contribution in [-0.4, -0.2) is 10.2 Å². The van der Waals surface area contributed by atoms with Crippen LogP contribution in [0.25, 0.3) is 0 Å². The SMILES string of the molecule is CCCCCCCCC(C)c1ccc(Cl)nn1. The Morgan fingerprint density at radius 1 is 1.06 bits per heavy atom. The lowest BCUT2D eigenvalue weighted by Crippen LogP contribution is -1.98. The van der Waals surface area contributed by atoms with E-state index in [1.807, 2.05) is 12.1 Å². The number of hydrogen-bond acceptors (Lipinski definition) is 2. The quantitative estimate of drug-likeness (QED) is 0.611. The van der Waals surface area contributed by atoms with Gasteiger partial charge in [-0.3, -0.25) is 0 Å². The number of unbranched alkanes of at least 4 members (excludes halogenated alkanes) is 5. The highest BCUT2D eigenvalue weighted by molar-refractivity contribution is 6.29. The molecule has 0 amide bonds. The van der Waals surface area contributed by atoms with Gasteiger partial charge in [-0.2, -0.15) is 5.10 Å². The lowest BCUT2D eigenvalue weighted by molar-refractivity contribution is 0.548. The van der Waals surface area contributed by atoms with Gasteiger partial charge in [-0.05, 0) is 18.6 Å². The molecular weight excluding hydrogens is 232 g/mol. The summed E-state index contributed by atoms with van der Waals surface area (Å²) in [6.45, 7) is 4.46. The third-order valence-electron chi connectivity index (χ3n) is 3.15. The van der Waals surface area contributed by atoms with Crippen molar-refractivity contribution in [3.8, 4) is 0 Å². The maximum absolute atomic E-state index is 5.72. The molecule has 96 valence electrons. The smallest absolute Gasteiger partial charge is 0.151 e. The molecule has 0 fully saturated rings. The van der Waals surface area contributed by atoms with E-state index in [9.17, 15) is 0 Å². The molecular formula is C14H23ClN2. The van der Waals surface area contributed by atoms with Gasteiger partial charge in [0.15, 0.2) is 5.15 Å². The van der Waals surface area contributed by atoms with Gasteiger partial charge in [0.25, 0.3) is 0 Å². The maximum Gasteiger partial charge on any atom is 0.151 e. The zero-order valence-electron chi connectivity index (χ0n) is 11.0. The molecule has 1 aromatic heterocycles. The summed E-state index contributed by atoms with van der Waals surface area (Å²) in [5.41, 5.74) is 1.06. The van der Waals surface area contributed by atoms with Crippen LogP contribution < -0.4 is 0 Å². The van der Waals surface area contributed by atoms with Crippen LogP contribution >= 0.6 is 11.6 Å². The van der Waals surface area contributed by atoms with Crippen molar-refractivity contribution in [3.63, 3.8) is 0 Å². The van der Waals surface area contributed by atoms with Crippen molar-refractivity contribution in [2.24, 2.45) is 0 Å². The Hall–Kier alpha value is -0.630. The van der Waals surface area contributed by atoms with Crippen LogP contribution in [0.1, 0.15) is 70.4 Å². The summed E-state index contributed by atoms with van der Waals surface area (Å²) >= 11 is 5.72. The zero-order valence-corrected chi connectivity index (χ0v) is 11.7. The molecule has 0 spiro atoms. The monoisotopic (exact) mass is 254 g/mol. The van der Waals surface area contributed by atoms with Crippen molar-refractivity contribution < 1.29 is 0 Å². The van der Waals surface area contributed by atoms with E-state index in [2.05, 4.69) is 24.0 Å². The van der Waals surface area contributed by atoms with E-state index in [1.54, 1.807) is 0 Å². The average Bonchev–Trinajstić information content (AvgIpc) is 2.34. The molecule has 1 rings (SSSR count). The molecule has 0 saturated carbocycles. The summed E-state index contributed by atoms with van der Waals surface area (Å²) in [4.78, 5) is 0. The number of nitrogens with zero attached hydrogens (tertiary/aromatic N) is 2. The van der Waals surface area contributed by atoms with Crippen LogP contribution in [0.5, 0.6) is 0 Å². The van der Waals surface area contributed by atoms with Gasteiger partial charge in [0.05, 0.1) is 5.69 Å². The minimum absolute atomic E-state index is 0.473. The predicted molar refractivity (Wildman–Crippen MR) is 73.5 cm³/mol. The van der Waals surface area contributed by atoms with Gasteiger partial charge in [0.1, 0.15) is 0 Å². The molecule has 0 aliphatic heterocycles. The highest BCUT2D eigenvalue weighted by Crippen LogP contribution is 2.20. The topological polar surface area (TPSA) is 25.8 Å². The van der Waals surface area contributed by atoms with E-state index in [-0.39, 0.29) is 0 Å². The van der Waals surface area contributed by atoms with Gasteiger partial charge in [-0.25, -0.2) is 0 Å². The molecule has 0 N–H and O–H groups in total.